The van der Waals surface area contributed by atoms with Crippen molar-refractivity contribution in [2.45, 2.75) is 25.8 Å². The van der Waals surface area contributed by atoms with Gasteiger partial charge in [0.2, 0.25) is 5.95 Å². The number of likely N-dealkylation sites (tertiary alicyclic amines) is 2. The van der Waals surface area contributed by atoms with E-state index in [1.165, 1.54) is 6.21 Å². The van der Waals surface area contributed by atoms with Crippen LogP contribution in [0.25, 0.3) is 11.3 Å². The van der Waals surface area contributed by atoms with Crippen molar-refractivity contribution in [2.24, 2.45) is 5.92 Å². The van der Waals surface area contributed by atoms with Gasteiger partial charge in [-0.2, -0.15) is 10.5 Å². The van der Waals surface area contributed by atoms with Crippen molar-refractivity contribution in [2.75, 3.05) is 38.0 Å². The monoisotopic (exact) mass is 483 g/mol. The summed E-state index contributed by atoms with van der Waals surface area (Å²) < 4.78 is 0. The Morgan fingerprint density at radius 1 is 1.22 bits per heavy atom. The van der Waals surface area contributed by atoms with Gasteiger partial charge >= 0.3 is 0 Å². The van der Waals surface area contributed by atoms with Crippen molar-refractivity contribution in [3.05, 3.63) is 53.5 Å². The van der Waals surface area contributed by atoms with Gasteiger partial charge in [-0.05, 0) is 37.5 Å². The summed E-state index contributed by atoms with van der Waals surface area (Å²) in [6.45, 7) is 5.10. The minimum absolute atomic E-state index is 0.0691. The Bertz CT molecular complexity index is 1210. The largest absolute Gasteiger partial charge is 0.386 e. The average Bonchev–Trinajstić information content (AvgIpc) is 2.88. The van der Waals surface area contributed by atoms with Gasteiger partial charge in [0.15, 0.2) is 0 Å². The third-order valence-corrected chi connectivity index (χ3v) is 6.50. The molecule has 1 aromatic carbocycles. The third-order valence-electron chi connectivity index (χ3n) is 6.50. The summed E-state index contributed by atoms with van der Waals surface area (Å²) in [5.74, 6) is 0.235. The lowest BCUT2D eigenvalue weighted by Crippen LogP contribution is -2.49. The van der Waals surface area contributed by atoms with Crippen molar-refractivity contribution in [1.29, 1.82) is 15.9 Å². The number of hydrogen-bond acceptors (Lipinski definition) is 9. The van der Waals surface area contributed by atoms with Gasteiger partial charge < -0.3 is 20.9 Å². The number of hydrogen-bond donors (Lipinski definition) is 3. The molecule has 0 atom stereocenters. The fourth-order valence-electron chi connectivity index (χ4n) is 4.28. The van der Waals surface area contributed by atoms with Crippen LogP contribution in [0.3, 0.4) is 0 Å². The summed E-state index contributed by atoms with van der Waals surface area (Å²) in [6, 6.07) is 11.9. The maximum atomic E-state index is 12.6. The topological polar surface area (TPSA) is 145 Å². The molecular formula is C26H29N9O. The van der Waals surface area contributed by atoms with E-state index in [-0.39, 0.29) is 17.9 Å². The van der Waals surface area contributed by atoms with E-state index < -0.39 is 0 Å². The molecule has 2 aliphatic rings. The molecule has 4 rings (SSSR count). The molecule has 36 heavy (non-hydrogen) atoms. The van der Waals surface area contributed by atoms with E-state index in [2.05, 4.69) is 37.6 Å². The molecule has 2 aromatic rings. The van der Waals surface area contributed by atoms with Crippen LogP contribution < -0.4 is 10.6 Å². The van der Waals surface area contributed by atoms with E-state index in [0.29, 0.717) is 36.8 Å². The van der Waals surface area contributed by atoms with Crippen LogP contribution in [0.5, 0.6) is 0 Å². The Kier molecular flexibility index (Phi) is 7.89. The van der Waals surface area contributed by atoms with E-state index >= 15 is 0 Å². The highest BCUT2D eigenvalue weighted by Gasteiger charge is 2.31. The van der Waals surface area contributed by atoms with Crippen LogP contribution in [0.4, 0.5) is 5.95 Å². The maximum Gasteiger partial charge on any atom is 0.253 e. The predicted molar refractivity (Wildman–Crippen MR) is 136 cm³/mol. The Balaban J connectivity index is 1.39. The molecule has 0 saturated carbocycles. The molecule has 10 nitrogen and oxygen atoms in total. The predicted octanol–water partition coefficient (Wildman–Crippen LogP) is 2.53. The summed E-state index contributed by atoms with van der Waals surface area (Å²) >= 11 is 0. The lowest BCUT2D eigenvalue weighted by atomic mass is 10.00. The Labute approximate surface area is 210 Å². The zero-order valence-corrected chi connectivity index (χ0v) is 20.2. The fraction of sp³-hybridized carbons (Fsp3) is 0.385. The first-order chi connectivity index (χ1) is 17.5. The number of piperidine rings is 1. The zero-order chi connectivity index (χ0) is 25.5. The highest BCUT2D eigenvalue weighted by molar-refractivity contribution is 5.95. The summed E-state index contributed by atoms with van der Waals surface area (Å²) in [7, 11) is 0. The molecule has 0 aliphatic carbocycles. The number of aromatic nitrogens is 2. The number of benzene rings is 1. The van der Waals surface area contributed by atoms with Crippen molar-refractivity contribution in [1.82, 2.24) is 25.1 Å². The zero-order valence-electron chi connectivity index (χ0n) is 20.2. The number of rotatable bonds is 8. The smallest absolute Gasteiger partial charge is 0.253 e. The van der Waals surface area contributed by atoms with Crippen molar-refractivity contribution in [3.8, 4) is 23.4 Å². The number of aryl methyl sites for hydroxylation is 1. The first kappa shape index (κ1) is 24.8. The van der Waals surface area contributed by atoms with Gasteiger partial charge in [0.1, 0.15) is 0 Å². The summed E-state index contributed by atoms with van der Waals surface area (Å²) in [5.41, 5.74) is 3.61. The molecule has 3 N–H and O–H groups in total. The molecule has 0 unspecified atom stereocenters. The van der Waals surface area contributed by atoms with Crippen LogP contribution >= 0.6 is 0 Å². The lowest BCUT2D eigenvalue weighted by Gasteiger charge is -2.35. The number of nitrogens with one attached hydrogen (secondary N) is 3. The van der Waals surface area contributed by atoms with Gasteiger partial charge in [0.25, 0.3) is 5.91 Å². The van der Waals surface area contributed by atoms with E-state index in [9.17, 15) is 4.79 Å². The summed E-state index contributed by atoms with van der Waals surface area (Å²) in [6.07, 6.45) is 6.58. The van der Waals surface area contributed by atoms with E-state index in [1.54, 1.807) is 29.4 Å². The van der Waals surface area contributed by atoms with Gasteiger partial charge in [-0.25, -0.2) is 9.97 Å². The van der Waals surface area contributed by atoms with Crippen LogP contribution in [-0.2, 0) is 0 Å². The minimum atomic E-state index is -0.0705. The Morgan fingerprint density at radius 3 is 2.58 bits per heavy atom. The molecular weight excluding hydrogens is 454 g/mol. The molecule has 184 valence electrons. The number of nitriles is 2. The van der Waals surface area contributed by atoms with Crippen LogP contribution in [-0.4, -0.2) is 70.7 Å². The van der Waals surface area contributed by atoms with Gasteiger partial charge in [0, 0.05) is 62.0 Å². The van der Waals surface area contributed by atoms with Gasteiger partial charge in [0.05, 0.1) is 36.0 Å². The highest BCUT2D eigenvalue weighted by atomic mass is 16.2. The molecule has 2 saturated heterocycles. The first-order valence-corrected chi connectivity index (χ1v) is 12.0. The molecule has 0 spiro atoms. The van der Waals surface area contributed by atoms with Crippen LogP contribution in [0.1, 0.15) is 28.8 Å². The second kappa shape index (κ2) is 11.4. The number of allylic oxidation sites excluding steroid dienone is 1. The third kappa shape index (κ3) is 5.85. The molecule has 2 fully saturated rings. The van der Waals surface area contributed by atoms with Gasteiger partial charge in [-0.15, -0.1) is 0 Å². The molecule has 1 aromatic heterocycles. The Hall–Kier alpha value is -4.28. The highest BCUT2D eigenvalue weighted by Crippen LogP contribution is 2.24. The lowest BCUT2D eigenvalue weighted by molar-refractivity contribution is 0.0577. The van der Waals surface area contributed by atoms with Crippen molar-refractivity contribution in [3.63, 3.8) is 0 Å². The number of nitrogens with zero attached hydrogens (tertiary/aromatic N) is 6. The fourth-order valence-corrected chi connectivity index (χ4v) is 4.28. The summed E-state index contributed by atoms with van der Waals surface area (Å²) in [5, 5.41) is 32.0. The summed E-state index contributed by atoms with van der Waals surface area (Å²) in [4.78, 5) is 25.4. The second-order valence-electron chi connectivity index (χ2n) is 9.08. The molecule has 1 amide bonds. The van der Waals surface area contributed by atoms with Gasteiger partial charge in [-0.3, -0.25) is 9.69 Å². The molecule has 10 heteroatoms. The standard InChI is InChI=1S/C26H29N9O/c1-18-14-31-26(32-23(13-29)15-30-22-6-9-34(10-7-22)11-8-27)33-24(18)20-2-4-21(5-3-20)25(36)35-16-19(12-28)17-35/h2-5,13-15,19,22,29-30H,6-7,9-11,16-17H2,1H3,(H,31,32,33)/b23-15+,29-13?. The minimum Gasteiger partial charge on any atom is -0.386 e. The number of anilines is 1. The van der Waals surface area contributed by atoms with Crippen LogP contribution in [0.2, 0.25) is 0 Å². The van der Waals surface area contributed by atoms with E-state index in [4.69, 9.17) is 15.9 Å². The molecule has 2 aliphatic heterocycles. The van der Waals surface area contributed by atoms with E-state index in [1.807, 2.05) is 19.1 Å². The number of amides is 1. The number of carbonyl (C=O) groups is 1. The van der Waals surface area contributed by atoms with Crippen LogP contribution in [0, 0.1) is 40.9 Å². The maximum absolute atomic E-state index is 12.6. The molecule has 0 bridgehead atoms. The quantitative estimate of drug-likeness (QED) is 0.384. The average molecular weight is 484 g/mol. The first-order valence-electron chi connectivity index (χ1n) is 12.0. The molecule has 3 heterocycles. The van der Waals surface area contributed by atoms with E-state index in [0.717, 1.165) is 42.8 Å². The van der Waals surface area contributed by atoms with Crippen molar-refractivity contribution < 1.29 is 4.79 Å². The van der Waals surface area contributed by atoms with Crippen molar-refractivity contribution >= 4 is 18.1 Å². The molecule has 0 radical (unpaired) electrons. The van der Waals surface area contributed by atoms with Gasteiger partial charge in [-0.1, -0.05) is 12.1 Å². The number of carbonyl (C=O) groups excluding carboxylic acids is 1. The van der Waals surface area contributed by atoms with Crippen LogP contribution in [0.15, 0.2) is 42.4 Å². The normalized spacial score (nSPS) is 17.0. The SMILES string of the molecule is Cc1cnc(N/C(C=N)=C/NC2CCN(CC#N)CC2)nc1-c1ccc(C(=O)N2CC(C#N)C2)cc1. The second-order valence-corrected chi connectivity index (χ2v) is 9.08. The Morgan fingerprint density at radius 2 is 1.94 bits per heavy atom.